The van der Waals surface area contributed by atoms with E-state index in [4.69, 9.17) is 11.6 Å². The normalized spacial score (nSPS) is 18.5. The average molecular weight is 286 g/mol. The van der Waals surface area contributed by atoms with Gasteiger partial charge in [0.15, 0.2) is 0 Å². The number of benzene rings is 1. The highest BCUT2D eigenvalue weighted by molar-refractivity contribution is 6.33. The SMILES string of the molecule is COC(=O)C1CCCN1C(=O)c1c(F)cccc1Cl. The molecule has 1 unspecified atom stereocenters. The minimum Gasteiger partial charge on any atom is -0.467 e. The zero-order valence-corrected chi connectivity index (χ0v) is 11.1. The van der Waals surface area contributed by atoms with E-state index in [-0.39, 0.29) is 10.6 Å². The lowest BCUT2D eigenvalue weighted by atomic mass is 10.1. The predicted molar refractivity (Wildman–Crippen MR) is 67.5 cm³/mol. The largest absolute Gasteiger partial charge is 0.467 e. The number of nitrogens with zero attached hydrogens (tertiary/aromatic N) is 1. The Morgan fingerprint density at radius 2 is 2.21 bits per heavy atom. The van der Waals surface area contributed by atoms with Crippen molar-refractivity contribution in [1.82, 2.24) is 4.90 Å². The number of halogens is 2. The van der Waals surface area contributed by atoms with Gasteiger partial charge in [0.2, 0.25) is 0 Å². The number of carbonyl (C=O) groups excluding carboxylic acids is 2. The van der Waals surface area contributed by atoms with Crippen molar-refractivity contribution in [3.05, 3.63) is 34.6 Å². The number of hydrogen-bond donors (Lipinski definition) is 0. The monoisotopic (exact) mass is 285 g/mol. The van der Waals surface area contributed by atoms with Crippen LogP contribution in [-0.2, 0) is 9.53 Å². The highest BCUT2D eigenvalue weighted by Crippen LogP contribution is 2.26. The summed E-state index contributed by atoms with van der Waals surface area (Å²) in [5, 5.41) is 0.0421. The van der Waals surface area contributed by atoms with Gasteiger partial charge in [-0.1, -0.05) is 17.7 Å². The second-order valence-electron chi connectivity index (χ2n) is 4.28. The van der Waals surface area contributed by atoms with Gasteiger partial charge in [-0.15, -0.1) is 0 Å². The Labute approximate surface area is 115 Å². The van der Waals surface area contributed by atoms with Crippen LogP contribution in [0.2, 0.25) is 5.02 Å². The second kappa shape index (κ2) is 5.57. The predicted octanol–water partition coefficient (Wildman–Crippen LogP) is 2.26. The maximum Gasteiger partial charge on any atom is 0.328 e. The quantitative estimate of drug-likeness (QED) is 0.783. The first-order chi connectivity index (χ1) is 9.06. The highest BCUT2D eigenvalue weighted by atomic mass is 35.5. The molecular weight excluding hydrogens is 273 g/mol. The minimum atomic E-state index is -0.687. The Hall–Kier alpha value is -1.62. The van der Waals surface area contributed by atoms with Crippen molar-refractivity contribution >= 4 is 23.5 Å². The van der Waals surface area contributed by atoms with E-state index < -0.39 is 23.7 Å². The topological polar surface area (TPSA) is 46.6 Å². The maximum atomic E-state index is 13.7. The van der Waals surface area contributed by atoms with Crippen LogP contribution in [0.25, 0.3) is 0 Å². The number of ether oxygens (including phenoxy) is 1. The van der Waals surface area contributed by atoms with Crippen LogP contribution in [0.5, 0.6) is 0 Å². The summed E-state index contributed by atoms with van der Waals surface area (Å²) in [6.07, 6.45) is 1.20. The summed E-state index contributed by atoms with van der Waals surface area (Å²) < 4.78 is 18.4. The second-order valence-corrected chi connectivity index (χ2v) is 4.68. The highest BCUT2D eigenvalue weighted by Gasteiger charge is 2.36. The van der Waals surface area contributed by atoms with E-state index in [1.54, 1.807) is 0 Å². The first-order valence-electron chi connectivity index (χ1n) is 5.89. The van der Waals surface area contributed by atoms with E-state index in [1.165, 1.54) is 30.2 Å². The molecule has 0 bridgehead atoms. The molecule has 1 aromatic rings. The summed E-state index contributed by atoms with van der Waals surface area (Å²) in [6.45, 7) is 0.392. The van der Waals surface area contributed by atoms with Crippen LogP contribution in [0.4, 0.5) is 4.39 Å². The number of rotatable bonds is 2. The summed E-state index contributed by atoms with van der Waals surface area (Å²) in [7, 11) is 1.26. The van der Waals surface area contributed by atoms with E-state index in [0.29, 0.717) is 19.4 Å². The third-order valence-electron chi connectivity index (χ3n) is 3.16. The van der Waals surface area contributed by atoms with Gasteiger partial charge in [0.05, 0.1) is 17.7 Å². The summed E-state index contributed by atoms with van der Waals surface area (Å²) in [5.41, 5.74) is -0.194. The van der Waals surface area contributed by atoms with E-state index in [0.717, 1.165) is 0 Å². The molecule has 1 aliphatic rings. The van der Waals surface area contributed by atoms with Gasteiger partial charge in [-0.05, 0) is 25.0 Å². The van der Waals surface area contributed by atoms with Gasteiger partial charge < -0.3 is 9.64 Å². The number of carbonyl (C=O) groups is 2. The van der Waals surface area contributed by atoms with Crippen molar-refractivity contribution in [2.75, 3.05) is 13.7 Å². The molecule has 0 saturated carbocycles. The number of likely N-dealkylation sites (tertiary alicyclic amines) is 1. The molecule has 1 fully saturated rings. The molecule has 6 heteroatoms. The van der Waals surface area contributed by atoms with Gasteiger partial charge in [-0.25, -0.2) is 9.18 Å². The maximum absolute atomic E-state index is 13.7. The van der Waals surface area contributed by atoms with Gasteiger partial charge in [-0.2, -0.15) is 0 Å². The fourth-order valence-corrected chi connectivity index (χ4v) is 2.48. The lowest BCUT2D eigenvalue weighted by Crippen LogP contribution is -2.41. The molecule has 0 spiro atoms. The van der Waals surface area contributed by atoms with Crippen LogP contribution in [0.15, 0.2) is 18.2 Å². The zero-order chi connectivity index (χ0) is 14.0. The van der Waals surface area contributed by atoms with E-state index >= 15 is 0 Å². The Morgan fingerprint density at radius 3 is 2.84 bits per heavy atom. The molecule has 1 atom stereocenters. The lowest BCUT2D eigenvalue weighted by Gasteiger charge is -2.23. The molecule has 2 rings (SSSR count). The van der Waals surface area contributed by atoms with Crippen LogP contribution < -0.4 is 0 Å². The molecule has 1 saturated heterocycles. The standard InChI is InChI=1S/C13H13ClFNO3/c1-19-13(18)10-6-3-7-16(10)12(17)11-8(14)4-2-5-9(11)15/h2,4-5,10H,3,6-7H2,1H3. The molecule has 0 N–H and O–H groups in total. The molecule has 19 heavy (non-hydrogen) atoms. The average Bonchev–Trinajstić information content (AvgIpc) is 2.86. The van der Waals surface area contributed by atoms with Crippen LogP contribution >= 0.6 is 11.6 Å². The van der Waals surface area contributed by atoms with Gasteiger partial charge >= 0.3 is 5.97 Å². The Balaban J connectivity index is 2.31. The van der Waals surface area contributed by atoms with Gasteiger partial charge in [-0.3, -0.25) is 4.79 Å². The Kier molecular flexibility index (Phi) is 4.04. The van der Waals surface area contributed by atoms with E-state index in [9.17, 15) is 14.0 Å². The van der Waals surface area contributed by atoms with Crippen molar-refractivity contribution in [2.24, 2.45) is 0 Å². The zero-order valence-electron chi connectivity index (χ0n) is 10.4. The molecule has 102 valence electrons. The summed E-state index contributed by atoms with van der Waals surface area (Å²) >= 11 is 5.86. The van der Waals surface area contributed by atoms with Gasteiger partial charge in [0, 0.05) is 6.54 Å². The molecule has 0 radical (unpaired) electrons. The van der Waals surface area contributed by atoms with Crippen molar-refractivity contribution in [3.63, 3.8) is 0 Å². The van der Waals surface area contributed by atoms with Crippen molar-refractivity contribution in [1.29, 1.82) is 0 Å². The van der Waals surface area contributed by atoms with Crippen LogP contribution in [0.1, 0.15) is 23.2 Å². The molecule has 1 heterocycles. The molecule has 0 aliphatic carbocycles. The third-order valence-corrected chi connectivity index (χ3v) is 3.48. The summed E-state index contributed by atoms with van der Waals surface area (Å²) in [4.78, 5) is 25.2. The van der Waals surface area contributed by atoms with Gasteiger partial charge in [0.1, 0.15) is 11.9 Å². The van der Waals surface area contributed by atoms with Crippen molar-refractivity contribution < 1.29 is 18.7 Å². The smallest absolute Gasteiger partial charge is 0.328 e. The fourth-order valence-electron chi connectivity index (χ4n) is 2.24. The molecule has 1 aromatic carbocycles. The van der Waals surface area contributed by atoms with E-state index in [1.807, 2.05) is 0 Å². The van der Waals surface area contributed by atoms with Crippen LogP contribution in [-0.4, -0.2) is 36.5 Å². The van der Waals surface area contributed by atoms with E-state index in [2.05, 4.69) is 4.74 Å². The Morgan fingerprint density at radius 1 is 1.47 bits per heavy atom. The molecule has 0 aromatic heterocycles. The Bertz CT molecular complexity index is 500. The number of methoxy groups -OCH3 is 1. The van der Waals surface area contributed by atoms with Crippen molar-refractivity contribution in [3.8, 4) is 0 Å². The summed E-state index contributed by atoms with van der Waals surface area (Å²) in [6, 6.07) is 3.38. The van der Waals surface area contributed by atoms with Crippen LogP contribution in [0, 0.1) is 5.82 Å². The number of esters is 1. The first kappa shape index (κ1) is 13.8. The minimum absolute atomic E-state index is 0.0421. The van der Waals surface area contributed by atoms with Gasteiger partial charge in [0.25, 0.3) is 5.91 Å². The molecular formula is C13H13ClFNO3. The summed E-state index contributed by atoms with van der Waals surface area (Å²) in [5.74, 6) is -1.75. The molecule has 1 amide bonds. The first-order valence-corrected chi connectivity index (χ1v) is 6.27. The third kappa shape index (κ3) is 2.56. The molecule has 4 nitrogen and oxygen atoms in total. The molecule has 1 aliphatic heterocycles. The fraction of sp³-hybridized carbons (Fsp3) is 0.385. The lowest BCUT2D eigenvalue weighted by molar-refractivity contribution is -0.145. The number of hydrogen-bond acceptors (Lipinski definition) is 3. The number of amides is 1. The van der Waals surface area contributed by atoms with Crippen molar-refractivity contribution in [2.45, 2.75) is 18.9 Å². The van der Waals surface area contributed by atoms with Crippen LogP contribution in [0.3, 0.4) is 0 Å².